The molecule has 1 N–H and O–H groups in total. The molecule has 0 fully saturated rings. The van der Waals surface area contributed by atoms with Gasteiger partial charge in [0.05, 0.1) is 18.1 Å². The number of benzene rings is 1. The van der Waals surface area contributed by atoms with Crippen LogP contribution in [-0.4, -0.2) is 38.3 Å². The molecule has 8 nitrogen and oxygen atoms in total. The monoisotopic (exact) mass is 429 g/mol. The molecule has 12 heteroatoms. The minimum Gasteiger partial charge on any atom is -0.471 e. The number of alkyl halides is 3. The summed E-state index contributed by atoms with van der Waals surface area (Å²) < 4.78 is 48.8. The van der Waals surface area contributed by atoms with E-state index in [0.717, 1.165) is 4.68 Å². The largest absolute Gasteiger partial charge is 0.471 e. The van der Waals surface area contributed by atoms with Crippen molar-refractivity contribution in [2.45, 2.75) is 19.6 Å². The van der Waals surface area contributed by atoms with Crippen LogP contribution in [0, 0.1) is 0 Å². The molecule has 29 heavy (non-hydrogen) atoms. The van der Waals surface area contributed by atoms with Crippen molar-refractivity contribution in [3.05, 3.63) is 59.6 Å². The molecular formula is C17H15ClF3N5O3. The summed E-state index contributed by atoms with van der Waals surface area (Å²) in [6, 6.07) is 8.20. The van der Waals surface area contributed by atoms with Crippen LogP contribution in [0.1, 0.15) is 10.5 Å². The number of carbonyl (C=O) groups is 1. The van der Waals surface area contributed by atoms with E-state index in [4.69, 9.17) is 16.3 Å². The SMILES string of the molecule is O=C(Nc1cnn(COCC(F)(F)F)c1)c1ccnn1COc1ccc(Cl)cc1. The van der Waals surface area contributed by atoms with Crippen molar-refractivity contribution >= 4 is 23.2 Å². The topological polar surface area (TPSA) is 83.2 Å². The molecule has 0 spiro atoms. The van der Waals surface area contributed by atoms with E-state index in [1.165, 1.54) is 29.3 Å². The van der Waals surface area contributed by atoms with Crippen molar-refractivity contribution < 1.29 is 27.4 Å². The summed E-state index contributed by atoms with van der Waals surface area (Å²) in [6.07, 6.45) is -0.343. The maximum Gasteiger partial charge on any atom is 0.411 e. The lowest BCUT2D eigenvalue weighted by Crippen LogP contribution is -2.19. The number of anilines is 1. The highest BCUT2D eigenvalue weighted by Gasteiger charge is 2.27. The Morgan fingerprint density at radius 2 is 1.90 bits per heavy atom. The summed E-state index contributed by atoms with van der Waals surface area (Å²) in [5.41, 5.74) is 0.511. The van der Waals surface area contributed by atoms with Gasteiger partial charge < -0.3 is 14.8 Å². The first kappa shape index (κ1) is 20.7. The lowest BCUT2D eigenvalue weighted by molar-refractivity contribution is -0.182. The minimum absolute atomic E-state index is 0.0120. The van der Waals surface area contributed by atoms with Crippen molar-refractivity contribution in [2.75, 3.05) is 11.9 Å². The van der Waals surface area contributed by atoms with Gasteiger partial charge in [0.2, 0.25) is 0 Å². The molecule has 0 saturated carbocycles. The number of hydrogen-bond acceptors (Lipinski definition) is 5. The maximum atomic E-state index is 12.4. The van der Waals surface area contributed by atoms with Gasteiger partial charge >= 0.3 is 6.18 Å². The highest BCUT2D eigenvalue weighted by molar-refractivity contribution is 6.30. The third-order valence-corrected chi connectivity index (χ3v) is 3.75. The number of carbonyl (C=O) groups excluding carboxylic acids is 1. The van der Waals surface area contributed by atoms with E-state index in [9.17, 15) is 18.0 Å². The highest BCUT2D eigenvalue weighted by atomic mass is 35.5. The molecule has 0 unspecified atom stereocenters. The van der Waals surface area contributed by atoms with Crippen molar-refractivity contribution in [3.8, 4) is 5.75 Å². The van der Waals surface area contributed by atoms with Crippen LogP contribution in [0.25, 0.3) is 0 Å². The molecule has 3 aromatic rings. The molecule has 1 aromatic carbocycles. The third-order valence-electron chi connectivity index (χ3n) is 3.50. The molecule has 1 amide bonds. The predicted octanol–water partition coefficient (Wildman–Crippen LogP) is 3.56. The Labute approximate surface area is 167 Å². The first-order valence-electron chi connectivity index (χ1n) is 8.19. The number of ether oxygens (including phenoxy) is 2. The number of halogens is 4. The molecule has 0 saturated heterocycles. The molecular weight excluding hydrogens is 415 g/mol. The first-order valence-corrected chi connectivity index (χ1v) is 8.56. The van der Waals surface area contributed by atoms with Gasteiger partial charge in [-0.05, 0) is 30.3 Å². The van der Waals surface area contributed by atoms with Gasteiger partial charge in [0.1, 0.15) is 24.8 Å². The van der Waals surface area contributed by atoms with E-state index in [0.29, 0.717) is 10.8 Å². The third kappa shape index (κ3) is 6.22. The van der Waals surface area contributed by atoms with E-state index in [-0.39, 0.29) is 18.1 Å². The van der Waals surface area contributed by atoms with Crippen LogP contribution >= 0.6 is 11.6 Å². The summed E-state index contributed by atoms with van der Waals surface area (Å²) in [4.78, 5) is 12.4. The number of nitrogens with zero attached hydrogens (tertiary/aromatic N) is 4. The number of hydrogen-bond donors (Lipinski definition) is 1. The van der Waals surface area contributed by atoms with Crippen LogP contribution in [0.2, 0.25) is 5.02 Å². The van der Waals surface area contributed by atoms with E-state index < -0.39 is 25.4 Å². The molecule has 0 aliphatic rings. The normalized spacial score (nSPS) is 11.4. The van der Waals surface area contributed by atoms with Crippen LogP contribution in [0.15, 0.2) is 48.9 Å². The zero-order valence-electron chi connectivity index (χ0n) is 14.8. The molecule has 3 rings (SSSR count). The van der Waals surface area contributed by atoms with E-state index >= 15 is 0 Å². The van der Waals surface area contributed by atoms with Crippen molar-refractivity contribution in [2.24, 2.45) is 0 Å². The summed E-state index contributed by atoms with van der Waals surface area (Å²) in [5, 5.41) is 11.0. The van der Waals surface area contributed by atoms with Crippen LogP contribution in [0.4, 0.5) is 18.9 Å². The fourth-order valence-electron chi connectivity index (χ4n) is 2.24. The predicted molar refractivity (Wildman–Crippen MR) is 96.5 cm³/mol. The van der Waals surface area contributed by atoms with Crippen molar-refractivity contribution in [1.29, 1.82) is 0 Å². The van der Waals surface area contributed by atoms with Gasteiger partial charge in [-0.15, -0.1) is 0 Å². The van der Waals surface area contributed by atoms with Crippen molar-refractivity contribution in [1.82, 2.24) is 19.6 Å². The van der Waals surface area contributed by atoms with Crippen molar-refractivity contribution in [3.63, 3.8) is 0 Å². The summed E-state index contributed by atoms with van der Waals surface area (Å²) in [5.74, 6) is 0.0642. The second-order valence-electron chi connectivity index (χ2n) is 5.76. The van der Waals surface area contributed by atoms with Crippen LogP contribution < -0.4 is 10.1 Å². The summed E-state index contributed by atoms with van der Waals surface area (Å²) >= 11 is 5.81. The van der Waals surface area contributed by atoms with Gasteiger partial charge in [0.15, 0.2) is 6.73 Å². The Bertz CT molecular complexity index is 956. The molecule has 2 heterocycles. The first-order chi connectivity index (χ1) is 13.8. The molecule has 0 aliphatic carbocycles. The maximum absolute atomic E-state index is 12.4. The number of amides is 1. The summed E-state index contributed by atoms with van der Waals surface area (Å²) in [7, 11) is 0. The quantitative estimate of drug-likeness (QED) is 0.592. The van der Waals surface area contributed by atoms with Crippen LogP contribution in [0.5, 0.6) is 5.75 Å². The van der Waals surface area contributed by atoms with E-state index in [2.05, 4.69) is 20.3 Å². The molecule has 0 atom stereocenters. The van der Waals surface area contributed by atoms with Gasteiger partial charge in [-0.3, -0.25) is 4.79 Å². The second-order valence-corrected chi connectivity index (χ2v) is 6.20. The van der Waals surface area contributed by atoms with Crippen LogP contribution in [-0.2, 0) is 18.2 Å². The average Bonchev–Trinajstić information content (AvgIpc) is 3.29. The molecule has 0 bridgehead atoms. The zero-order chi connectivity index (χ0) is 20.9. The van der Waals surface area contributed by atoms with Gasteiger partial charge in [-0.25, -0.2) is 9.36 Å². The van der Waals surface area contributed by atoms with Gasteiger partial charge in [0, 0.05) is 11.2 Å². The zero-order valence-corrected chi connectivity index (χ0v) is 15.5. The highest BCUT2D eigenvalue weighted by Crippen LogP contribution is 2.17. The Hall–Kier alpha value is -3.05. The lowest BCUT2D eigenvalue weighted by atomic mass is 10.3. The van der Waals surface area contributed by atoms with E-state index in [1.807, 2.05) is 0 Å². The fourth-order valence-corrected chi connectivity index (χ4v) is 2.37. The number of nitrogens with one attached hydrogen (secondary N) is 1. The lowest BCUT2D eigenvalue weighted by Gasteiger charge is -2.09. The molecule has 2 aromatic heterocycles. The standard InChI is InChI=1S/C17H15ClF3N5O3/c18-12-1-3-14(4-2-12)29-11-26-15(5-6-22-26)16(27)24-13-7-23-25(8-13)10-28-9-17(19,20)21/h1-8H,9-11H2,(H,24,27). The Kier molecular flexibility index (Phi) is 6.39. The Morgan fingerprint density at radius 1 is 1.14 bits per heavy atom. The smallest absolute Gasteiger partial charge is 0.411 e. The van der Waals surface area contributed by atoms with Crippen LogP contribution in [0.3, 0.4) is 0 Å². The van der Waals surface area contributed by atoms with Gasteiger partial charge in [-0.1, -0.05) is 11.6 Å². The number of aromatic nitrogens is 4. The van der Waals surface area contributed by atoms with Gasteiger partial charge in [0.25, 0.3) is 5.91 Å². The second kappa shape index (κ2) is 8.97. The Morgan fingerprint density at radius 3 is 2.62 bits per heavy atom. The Balaban J connectivity index is 1.55. The molecule has 154 valence electrons. The average molecular weight is 430 g/mol. The molecule has 0 aliphatic heterocycles. The van der Waals surface area contributed by atoms with E-state index in [1.54, 1.807) is 24.3 Å². The molecule has 0 radical (unpaired) electrons. The summed E-state index contributed by atoms with van der Waals surface area (Å²) in [6.45, 7) is -1.80. The minimum atomic E-state index is -4.42. The van der Waals surface area contributed by atoms with Gasteiger partial charge in [-0.2, -0.15) is 23.4 Å². The number of rotatable bonds is 8. The fraction of sp³-hybridized carbons (Fsp3) is 0.235.